The van der Waals surface area contributed by atoms with Gasteiger partial charge in [0.25, 0.3) is 0 Å². The molecule has 0 bridgehead atoms. The molecule has 244 valence electrons. The van der Waals surface area contributed by atoms with Crippen LogP contribution in [0.5, 0.6) is 23.0 Å². The second kappa shape index (κ2) is 14.1. The molecule has 2 aromatic rings. The maximum absolute atomic E-state index is 10.7. The SMILES string of the molecule is C=C1Oc2cc(CCCCC)cc(O)c2[C@@H]2C=C(C)CC[C@@H]12.CCCCCc1cc(O)c2c(c1)OC(C)(C)[C@@H]1CCC(C)=C[C@@H]21. The Morgan fingerprint density at radius 2 is 1.29 bits per heavy atom. The number of benzene rings is 2. The summed E-state index contributed by atoms with van der Waals surface area (Å²) in [4.78, 5) is 0. The van der Waals surface area contributed by atoms with E-state index in [9.17, 15) is 10.2 Å². The van der Waals surface area contributed by atoms with Crippen molar-refractivity contribution >= 4 is 0 Å². The van der Waals surface area contributed by atoms with E-state index in [0.717, 1.165) is 78.9 Å². The Morgan fingerprint density at radius 1 is 0.756 bits per heavy atom. The number of phenolic OH excluding ortho intramolecular Hbond substituents is 2. The van der Waals surface area contributed by atoms with E-state index in [0.29, 0.717) is 23.3 Å². The van der Waals surface area contributed by atoms with E-state index in [-0.39, 0.29) is 17.4 Å². The largest absolute Gasteiger partial charge is 0.507 e. The van der Waals surface area contributed by atoms with Crippen molar-refractivity contribution in [2.24, 2.45) is 11.8 Å². The van der Waals surface area contributed by atoms with Crippen molar-refractivity contribution in [2.75, 3.05) is 0 Å². The fourth-order valence-corrected chi connectivity index (χ4v) is 8.04. The minimum atomic E-state index is -0.177. The predicted octanol–water partition coefficient (Wildman–Crippen LogP) is 11.2. The molecule has 0 saturated carbocycles. The van der Waals surface area contributed by atoms with E-state index in [4.69, 9.17) is 9.47 Å². The van der Waals surface area contributed by atoms with Crippen LogP contribution in [0.1, 0.15) is 140 Å². The lowest BCUT2D eigenvalue weighted by atomic mass is 9.68. The van der Waals surface area contributed by atoms with Gasteiger partial charge in [-0.25, -0.2) is 0 Å². The molecule has 2 N–H and O–H groups in total. The quantitative estimate of drug-likeness (QED) is 0.230. The molecule has 0 fully saturated rings. The highest BCUT2D eigenvalue weighted by atomic mass is 16.5. The number of hydrogen-bond donors (Lipinski definition) is 2. The summed E-state index contributed by atoms with van der Waals surface area (Å²) in [5.74, 6) is 4.61. The zero-order chi connectivity index (χ0) is 32.3. The van der Waals surface area contributed by atoms with Gasteiger partial charge in [0.05, 0.1) is 0 Å². The Bertz CT molecular complexity index is 1440. The van der Waals surface area contributed by atoms with Crippen LogP contribution in [0.2, 0.25) is 0 Å². The third-order valence-corrected chi connectivity index (χ3v) is 10.6. The van der Waals surface area contributed by atoms with Crippen LogP contribution in [0.15, 0.2) is 59.9 Å². The van der Waals surface area contributed by atoms with E-state index < -0.39 is 0 Å². The van der Waals surface area contributed by atoms with Crippen molar-refractivity contribution in [3.8, 4) is 23.0 Å². The van der Waals surface area contributed by atoms with Gasteiger partial charge in [-0.15, -0.1) is 0 Å². The molecule has 45 heavy (non-hydrogen) atoms. The molecule has 4 nitrogen and oxygen atoms in total. The van der Waals surface area contributed by atoms with Crippen molar-refractivity contribution in [1.82, 2.24) is 0 Å². The fraction of sp³-hybridized carbons (Fsp3) is 0.561. The number of unbranched alkanes of at least 4 members (excludes halogenated alkanes) is 4. The van der Waals surface area contributed by atoms with Crippen LogP contribution in [0.3, 0.4) is 0 Å². The average molecular weight is 613 g/mol. The van der Waals surface area contributed by atoms with Crippen LogP contribution in [0.4, 0.5) is 0 Å². The maximum atomic E-state index is 10.7. The van der Waals surface area contributed by atoms with E-state index >= 15 is 0 Å². The summed E-state index contributed by atoms with van der Waals surface area (Å²) in [6, 6.07) is 8.16. The van der Waals surface area contributed by atoms with Crippen LogP contribution >= 0.6 is 0 Å². The molecule has 6 rings (SSSR count). The second-order valence-corrected chi connectivity index (χ2v) is 14.6. The summed E-state index contributed by atoms with van der Waals surface area (Å²) >= 11 is 0. The molecule has 0 unspecified atom stereocenters. The first-order valence-corrected chi connectivity index (χ1v) is 17.6. The zero-order valence-electron chi connectivity index (χ0n) is 28.7. The van der Waals surface area contributed by atoms with Crippen molar-refractivity contribution in [1.29, 1.82) is 0 Å². The third kappa shape index (κ3) is 7.31. The highest BCUT2D eigenvalue weighted by Crippen LogP contribution is 2.54. The summed E-state index contributed by atoms with van der Waals surface area (Å²) in [6.45, 7) is 17.3. The van der Waals surface area contributed by atoms with E-state index in [1.165, 1.54) is 48.8 Å². The summed E-state index contributed by atoms with van der Waals surface area (Å²) in [7, 11) is 0. The summed E-state index contributed by atoms with van der Waals surface area (Å²) in [6.07, 6.45) is 18.3. The summed E-state index contributed by atoms with van der Waals surface area (Å²) < 4.78 is 12.3. The second-order valence-electron chi connectivity index (χ2n) is 14.6. The first kappa shape index (κ1) is 33.2. The van der Waals surface area contributed by atoms with E-state index in [1.807, 2.05) is 12.1 Å². The van der Waals surface area contributed by atoms with Crippen LogP contribution in [-0.2, 0) is 12.8 Å². The predicted molar refractivity (Wildman–Crippen MR) is 186 cm³/mol. The van der Waals surface area contributed by atoms with E-state index in [2.05, 4.69) is 72.4 Å². The van der Waals surface area contributed by atoms with Gasteiger partial charge in [0.15, 0.2) is 0 Å². The first-order valence-electron chi connectivity index (χ1n) is 17.6. The molecular weight excluding hydrogens is 556 g/mol. The molecule has 2 aliphatic heterocycles. The van der Waals surface area contributed by atoms with Crippen molar-refractivity contribution < 1.29 is 19.7 Å². The van der Waals surface area contributed by atoms with Gasteiger partial charge in [0, 0.05) is 34.8 Å². The van der Waals surface area contributed by atoms with Crippen LogP contribution in [0, 0.1) is 11.8 Å². The molecule has 0 radical (unpaired) electrons. The van der Waals surface area contributed by atoms with Gasteiger partial charge in [-0.05, 0) is 114 Å². The number of ether oxygens (including phenoxy) is 2. The molecule has 0 amide bonds. The van der Waals surface area contributed by atoms with Gasteiger partial charge in [0.1, 0.15) is 34.4 Å². The van der Waals surface area contributed by atoms with Crippen LogP contribution in [-0.4, -0.2) is 15.8 Å². The van der Waals surface area contributed by atoms with Crippen molar-refractivity contribution in [3.05, 3.63) is 82.2 Å². The number of rotatable bonds is 8. The molecule has 0 spiro atoms. The Balaban J connectivity index is 0.000000178. The Labute approximate surface area is 272 Å². The number of aromatic hydroxyl groups is 2. The van der Waals surface area contributed by atoms with E-state index in [1.54, 1.807) is 0 Å². The molecule has 4 aliphatic rings. The third-order valence-electron chi connectivity index (χ3n) is 10.6. The molecular formula is C41H56O4. The van der Waals surface area contributed by atoms with Crippen molar-refractivity contribution in [2.45, 2.75) is 136 Å². The number of aryl methyl sites for hydroxylation is 2. The Hall–Kier alpha value is -3.14. The van der Waals surface area contributed by atoms with Gasteiger partial charge in [-0.1, -0.05) is 69.4 Å². The van der Waals surface area contributed by atoms with Crippen LogP contribution in [0.25, 0.3) is 0 Å². The van der Waals surface area contributed by atoms with Gasteiger partial charge in [-0.2, -0.15) is 0 Å². The molecule has 2 aromatic carbocycles. The number of allylic oxidation sites excluding steroid dienone is 5. The van der Waals surface area contributed by atoms with Gasteiger partial charge in [0.2, 0.25) is 0 Å². The molecule has 2 heterocycles. The number of phenols is 2. The molecule has 4 atom stereocenters. The Kier molecular flexibility index (Phi) is 10.4. The topological polar surface area (TPSA) is 58.9 Å². The smallest absolute Gasteiger partial charge is 0.134 e. The zero-order valence-corrected chi connectivity index (χ0v) is 28.7. The minimum absolute atomic E-state index is 0.177. The van der Waals surface area contributed by atoms with Gasteiger partial charge < -0.3 is 19.7 Å². The number of hydrogen-bond acceptors (Lipinski definition) is 4. The van der Waals surface area contributed by atoms with Crippen LogP contribution < -0.4 is 9.47 Å². The minimum Gasteiger partial charge on any atom is -0.507 e. The maximum Gasteiger partial charge on any atom is 0.134 e. The lowest BCUT2D eigenvalue weighted by Gasteiger charge is -2.46. The van der Waals surface area contributed by atoms with Crippen molar-refractivity contribution in [3.63, 3.8) is 0 Å². The lowest BCUT2D eigenvalue weighted by molar-refractivity contribution is 0.0107. The normalized spacial score (nSPS) is 24.3. The monoisotopic (exact) mass is 612 g/mol. The molecule has 2 aliphatic carbocycles. The molecule has 0 saturated heterocycles. The number of fused-ring (bicyclic) bond motifs is 6. The van der Waals surface area contributed by atoms with Gasteiger partial charge in [-0.3, -0.25) is 0 Å². The highest BCUT2D eigenvalue weighted by Gasteiger charge is 2.45. The summed E-state index contributed by atoms with van der Waals surface area (Å²) in [5.41, 5.74) is 6.97. The standard InChI is InChI=1S/C21H30O2.C20H26O2/c1-5-6-7-8-15-12-18(22)20-16-11-14(2)9-10-17(16)21(3,4)23-19(20)13-15;1-4-5-6-7-15-11-18(21)20-17-10-13(2)8-9-16(17)14(3)22-19(20)12-15/h11-13,16-17,22H,5-10H2,1-4H3;10-12,16-17,21H,3-9H2,1-2H3/t16-,17-;16-,17+/m10/s1. The van der Waals surface area contributed by atoms with Gasteiger partial charge >= 0.3 is 0 Å². The molecule has 0 aromatic heterocycles. The Morgan fingerprint density at radius 3 is 1.89 bits per heavy atom. The summed E-state index contributed by atoms with van der Waals surface area (Å²) in [5, 5.41) is 21.2. The fourth-order valence-electron chi connectivity index (χ4n) is 8.04. The molecule has 4 heteroatoms. The lowest BCUT2D eigenvalue weighted by Crippen LogP contribution is -2.45. The average Bonchev–Trinajstić information content (AvgIpc) is 2.96. The first-order chi connectivity index (χ1) is 21.5. The highest BCUT2D eigenvalue weighted by molar-refractivity contribution is 5.55.